The SMILES string of the molecule is Fc1ccc2c(c1)C(NCc1ccc(Cl)cc1F)CCS2. The highest BCUT2D eigenvalue weighted by atomic mass is 35.5. The molecule has 0 fully saturated rings. The molecule has 1 heterocycles. The highest BCUT2D eigenvalue weighted by Gasteiger charge is 2.21. The molecule has 2 aromatic carbocycles. The Morgan fingerprint density at radius 3 is 2.86 bits per heavy atom. The van der Waals surface area contributed by atoms with Crippen LogP contribution < -0.4 is 5.32 Å². The Morgan fingerprint density at radius 2 is 2.05 bits per heavy atom. The minimum absolute atomic E-state index is 0.0482. The van der Waals surface area contributed by atoms with E-state index in [0.717, 1.165) is 22.6 Å². The summed E-state index contributed by atoms with van der Waals surface area (Å²) in [6.07, 6.45) is 0.899. The van der Waals surface area contributed by atoms with Crippen molar-refractivity contribution in [2.45, 2.75) is 23.9 Å². The first-order chi connectivity index (χ1) is 10.1. The van der Waals surface area contributed by atoms with Crippen LogP contribution in [-0.2, 0) is 6.54 Å². The zero-order chi connectivity index (χ0) is 14.8. The Hall–Kier alpha value is -1.10. The summed E-state index contributed by atoms with van der Waals surface area (Å²) in [5.41, 5.74) is 1.52. The Balaban J connectivity index is 1.76. The molecule has 110 valence electrons. The molecule has 0 saturated carbocycles. The number of hydrogen-bond donors (Lipinski definition) is 1. The Kier molecular flexibility index (Phi) is 4.48. The number of rotatable bonds is 3. The lowest BCUT2D eigenvalue weighted by Crippen LogP contribution is -2.24. The highest BCUT2D eigenvalue weighted by molar-refractivity contribution is 7.99. The van der Waals surface area contributed by atoms with Gasteiger partial charge in [-0.05, 0) is 48.1 Å². The summed E-state index contributed by atoms with van der Waals surface area (Å²) in [7, 11) is 0. The molecule has 1 aliphatic heterocycles. The third kappa shape index (κ3) is 3.39. The van der Waals surface area contributed by atoms with E-state index in [4.69, 9.17) is 11.6 Å². The summed E-state index contributed by atoms with van der Waals surface area (Å²) < 4.78 is 27.2. The van der Waals surface area contributed by atoms with E-state index in [-0.39, 0.29) is 17.7 Å². The van der Waals surface area contributed by atoms with E-state index in [1.54, 1.807) is 30.0 Å². The summed E-state index contributed by atoms with van der Waals surface area (Å²) in [6, 6.07) is 9.56. The smallest absolute Gasteiger partial charge is 0.129 e. The van der Waals surface area contributed by atoms with Crippen molar-refractivity contribution in [1.82, 2.24) is 5.32 Å². The van der Waals surface area contributed by atoms with E-state index in [1.165, 1.54) is 12.1 Å². The van der Waals surface area contributed by atoms with E-state index in [1.807, 2.05) is 6.07 Å². The van der Waals surface area contributed by atoms with Crippen LogP contribution in [0, 0.1) is 11.6 Å². The summed E-state index contributed by atoms with van der Waals surface area (Å²) in [4.78, 5) is 1.09. The topological polar surface area (TPSA) is 12.0 Å². The molecular weight excluding hydrogens is 312 g/mol. The van der Waals surface area contributed by atoms with Crippen molar-refractivity contribution < 1.29 is 8.78 Å². The molecule has 5 heteroatoms. The summed E-state index contributed by atoms with van der Waals surface area (Å²) in [5.74, 6) is 0.416. The minimum Gasteiger partial charge on any atom is -0.306 e. The van der Waals surface area contributed by atoms with Gasteiger partial charge in [-0.1, -0.05) is 17.7 Å². The molecule has 0 aliphatic carbocycles. The number of thioether (sulfide) groups is 1. The Bertz CT molecular complexity index is 663. The Labute approximate surface area is 131 Å². The zero-order valence-corrected chi connectivity index (χ0v) is 12.8. The molecule has 21 heavy (non-hydrogen) atoms. The van der Waals surface area contributed by atoms with Gasteiger partial charge in [0.15, 0.2) is 0 Å². The fourth-order valence-corrected chi connectivity index (χ4v) is 3.74. The van der Waals surface area contributed by atoms with Gasteiger partial charge in [0.1, 0.15) is 11.6 Å². The summed E-state index contributed by atoms with van der Waals surface area (Å²) in [6.45, 7) is 0.397. The van der Waals surface area contributed by atoms with Crippen molar-refractivity contribution in [3.63, 3.8) is 0 Å². The molecule has 1 nitrogen and oxygen atoms in total. The van der Waals surface area contributed by atoms with Gasteiger partial charge in [-0.25, -0.2) is 8.78 Å². The van der Waals surface area contributed by atoms with Gasteiger partial charge in [0.25, 0.3) is 0 Å². The van der Waals surface area contributed by atoms with Crippen molar-refractivity contribution in [1.29, 1.82) is 0 Å². The van der Waals surface area contributed by atoms with E-state index < -0.39 is 0 Å². The predicted octanol–water partition coefficient (Wildman–Crippen LogP) is 4.94. The second-order valence-electron chi connectivity index (χ2n) is 4.99. The number of benzene rings is 2. The number of hydrogen-bond acceptors (Lipinski definition) is 2. The molecule has 0 radical (unpaired) electrons. The van der Waals surface area contributed by atoms with Crippen LogP contribution in [0.5, 0.6) is 0 Å². The van der Waals surface area contributed by atoms with Gasteiger partial charge in [0, 0.05) is 28.1 Å². The zero-order valence-electron chi connectivity index (χ0n) is 11.2. The highest BCUT2D eigenvalue weighted by Crippen LogP contribution is 2.36. The van der Waals surface area contributed by atoms with Crippen molar-refractivity contribution in [2.75, 3.05) is 5.75 Å². The number of nitrogens with one attached hydrogen (secondary N) is 1. The van der Waals surface area contributed by atoms with Crippen molar-refractivity contribution >= 4 is 23.4 Å². The van der Waals surface area contributed by atoms with E-state index in [2.05, 4.69) is 5.32 Å². The fourth-order valence-electron chi connectivity index (χ4n) is 2.48. The minimum atomic E-state index is -0.320. The predicted molar refractivity (Wildman–Crippen MR) is 82.7 cm³/mol. The lowest BCUT2D eigenvalue weighted by molar-refractivity contribution is 0.493. The van der Waals surface area contributed by atoms with Crippen molar-refractivity contribution in [3.8, 4) is 0 Å². The molecule has 3 rings (SSSR count). The van der Waals surface area contributed by atoms with Gasteiger partial charge >= 0.3 is 0 Å². The molecule has 2 aromatic rings. The molecule has 0 spiro atoms. The quantitative estimate of drug-likeness (QED) is 0.857. The third-order valence-corrected chi connectivity index (χ3v) is 4.92. The van der Waals surface area contributed by atoms with Crippen LogP contribution in [0.1, 0.15) is 23.6 Å². The number of fused-ring (bicyclic) bond motifs is 1. The first-order valence-electron chi connectivity index (χ1n) is 6.73. The average molecular weight is 326 g/mol. The van der Waals surface area contributed by atoms with Crippen LogP contribution in [0.15, 0.2) is 41.3 Å². The van der Waals surface area contributed by atoms with Crippen LogP contribution in [-0.4, -0.2) is 5.75 Å². The van der Waals surface area contributed by atoms with Crippen molar-refractivity contribution in [2.24, 2.45) is 0 Å². The van der Waals surface area contributed by atoms with Gasteiger partial charge < -0.3 is 5.32 Å². The number of halogens is 3. The maximum absolute atomic E-state index is 13.8. The monoisotopic (exact) mass is 325 g/mol. The molecular formula is C16H14ClF2NS. The average Bonchev–Trinajstić information content (AvgIpc) is 2.46. The fraction of sp³-hybridized carbons (Fsp3) is 0.250. The second kappa shape index (κ2) is 6.34. The molecule has 0 amide bonds. The molecule has 1 aliphatic rings. The second-order valence-corrected chi connectivity index (χ2v) is 6.56. The van der Waals surface area contributed by atoms with Crippen molar-refractivity contribution in [3.05, 3.63) is 64.2 Å². The maximum Gasteiger partial charge on any atom is 0.129 e. The van der Waals surface area contributed by atoms with Crippen LogP contribution in [0.3, 0.4) is 0 Å². The van der Waals surface area contributed by atoms with Crippen LogP contribution in [0.25, 0.3) is 0 Å². The largest absolute Gasteiger partial charge is 0.306 e. The first-order valence-corrected chi connectivity index (χ1v) is 8.09. The third-order valence-electron chi connectivity index (χ3n) is 3.57. The normalized spacial score (nSPS) is 17.6. The summed E-state index contributed by atoms with van der Waals surface area (Å²) >= 11 is 7.48. The molecule has 1 atom stereocenters. The Morgan fingerprint density at radius 1 is 1.19 bits per heavy atom. The molecule has 1 unspecified atom stereocenters. The standard InChI is InChI=1S/C16H14ClF2NS/c17-11-2-1-10(14(19)7-11)9-20-15-5-6-21-16-4-3-12(18)8-13(15)16/h1-4,7-8,15,20H,5-6,9H2. The van der Waals surface area contributed by atoms with Gasteiger partial charge in [-0.3, -0.25) is 0 Å². The maximum atomic E-state index is 13.8. The van der Waals surface area contributed by atoms with Crippen LogP contribution >= 0.6 is 23.4 Å². The first kappa shape index (κ1) is 14.8. The lowest BCUT2D eigenvalue weighted by atomic mass is 10.0. The lowest BCUT2D eigenvalue weighted by Gasteiger charge is -2.26. The van der Waals surface area contributed by atoms with Gasteiger partial charge in [-0.15, -0.1) is 11.8 Å². The van der Waals surface area contributed by atoms with Crippen LogP contribution in [0.2, 0.25) is 5.02 Å². The van der Waals surface area contributed by atoms with Gasteiger partial charge in [0.2, 0.25) is 0 Å². The molecule has 1 N–H and O–H groups in total. The van der Waals surface area contributed by atoms with E-state index in [9.17, 15) is 8.78 Å². The summed E-state index contributed by atoms with van der Waals surface area (Å²) in [5, 5.41) is 3.71. The van der Waals surface area contributed by atoms with E-state index >= 15 is 0 Å². The van der Waals surface area contributed by atoms with Gasteiger partial charge in [-0.2, -0.15) is 0 Å². The molecule has 0 aromatic heterocycles. The molecule has 0 bridgehead atoms. The van der Waals surface area contributed by atoms with Crippen LogP contribution in [0.4, 0.5) is 8.78 Å². The molecule has 0 saturated heterocycles. The van der Waals surface area contributed by atoms with Gasteiger partial charge in [0.05, 0.1) is 0 Å². The van der Waals surface area contributed by atoms with E-state index in [0.29, 0.717) is 17.1 Å².